The lowest BCUT2D eigenvalue weighted by Crippen LogP contribution is -2.29. The first-order valence-electron chi connectivity index (χ1n) is 10.6. The van der Waals surface area contributed by atoms with Crippen LogP contribution in [0.3, 0.4) is 0 Å². The first kappa shape index (κ1) is 23.8. The Balaban J connectivity index is 1.76. The molecule has 0 saturated carbocycles. The van der Waals surface area contributed by atoms with E-state index in [0.29, 0.717) is 26.9 Å². The monoisotopic (exact) mass is 567 g/mol. The number of anilines is 1. The number of ketones is 1. The van der Waals surface area contributed by atoms with Gasteiger partial charge >= 0.3 is 5.91 Å². The van der Waals surface area contributed by atoms with Gasteiger partial charge in [-0.15, -0.1) is 0 Å². The lowest BCUT2D eigenvalue weighted by atomic mass is 9.95. The van der Waals surface area contributed by atoms with Crippen LogP contribution in [0.15, 0.2) is 64.9 Å². The molecule has 1 fully saturated rings. The summed E-state index contributed by atoms with van der Waals surface area (Å²) in [6, 6.07) is 10.4. The second-order valence-electron chi connectivity index (χ2n) is 7.79. The zero-order valence-corrected chi connectivity index (χ0v) is 21.3. The van der Waals surface area contributed by atoms with Gasteiger partial charge in [-0.3, -0.25) is 19.5 Å². The van der Waals surface area contributed by atoms with Gasteiger partial charge in [-0.1, -0.05) is 11.3 Å². The van der Waals surface area contributed by atoms with Gasteiger partial charge in [0.05, 0.1) is 40.5 Å². The van der Waals surface area contributed by atoms with Crippen molar-refractivity contribution in [2.45, 2.75) is 6.04 Å². The number of halogens is 1. The van der Waals surface area contributed by atoms with E-state index in [9.17, 15) is 19.8 Å². The fraction of sp³-hybridized carbons (Fsp3) is 0.120. The zero-order valence-electron chi connectivity index (χ0n) is 18.9. The second-order valence-corrected chi connectivity index (χ2v) is 9.65. The molecule has 9 nitrogen and oxygen atoms in total. The molecule has 1 saturated heterocycles. The predicted molar refractivity (Wildman–Crippen MR) is 138 cm³/mol. The summed E-state index contributed by atoms with van der Waals surface area (Å²) in [6.07, 6.45) is 2.95. The molecular weight excluding hydrogens is 550 g/mol. The van der Waals surface area contributed by atoms with E-state index >= 15 is 0 Å². The third-order valence-electron chi connectivity index (χ3n) is 5.77. The lowest BCUT2D eigenvalue weighted by molar-refractivity contribution is -0.132. The molecule has 0 spiro atoms. The van der Waals surface area contributed by atoms with Crippen molar-refractivity contribution in [1.82, 2.24) is 9.97 Å². The van der Waals surface area contributed by atoms with Crippen molar-refractivity contribution >= 4 is 60.1 Å². The number of phenols is 1. The molecule has 1 amide bonds. The van der Waals surface area contributed by atoms with Crippen molar-refractivity contribution in [2.75, 3.05) is 19.1 Å². The number of thiazole rings is 1. The average Bonchev–Trinajstić information content (AvgIpc) is 3.43. The second kappa shape index (κ2) is 9.25. The van der Waals surface area contributed by atoms with Crippen molar-refractivity contribution in [3.63, 3.8) is 0 Å². The largest absolute Gasteiger partial charge is 0.507 e. The molecule has 2 aromatic carbocycles. The van der Waals surface area contributed by atoms with Crippen LogP contribution in [-0.2, 0) is 9.59 Å². The number of phenolic OH excluding ortho intramolecular Hbond substituents is 1. The number of hydrogen-bond acceptors (Lipinski definition) is 9. The molecule has 5 rings (SSSR count). The number of rotatable bonds is 5. The Morgan fingerprint density at radius 1 is 1.08 bits per heavy atom. The molecule has 0 radical (unpaired) electrons. The highest BCUT2D eigenvalue weighted by atomic mass is 79.9. The first-order chi connectivity index (χ1) is 17.3. The maximum absolute atomic E-state index is 13.4. The molecule has 4 aromatic rings. The average molecular weight is 568 g/mol. The number of hydrogen-bond donors (Lipinski definition) is 2. The van der Waals surface area contributed by atoms with Crippen LogP contribution in [0.25, 0.3) is 16.0 Å². The number of fused-ring (bicyclic) bond motifs is 1. The smallest absolute Gasteiger partial charge is 0.301 e. The minimum atomic E-state index is -1.05. The normalized spacial score (nSPS) is 17.1. The number of pyridine rings is 1. The standard InChI is InChI=1S/C25H18BrN3O6S/c1-34-14-3-4-16-18(11-14)36-25(28-16)29-20(13-9-15(26)22(31)17(10-13)35-2)19(23(32)24(29)33)21(30)12-5-7-27-8-6-12/h3-11,20,30-31H,1-2H3. The molecule has 182 valence electrons. The van der Waals surface area contributed by atoms with Gasteiger partial charge in [0.1, 0.15) is 11.5 Å². The summed E-state index contributed by atoms with van der Waals surface area (Å²) in [5.74, 6) is -1.45. The maximum Gasteiger partial charge on any atom is 0.301 e. The van der Waals surface area contributed by atoms with Crippen molar-refractivity contribution < 1.29 is 29.3 Å². The van der Waals surface area contributed by atoms with Gasteiger partial charge in [0.25, 0.3) is 5.78 Å². The quantitative estimate of drug-likeness (QED) is 0.200. The Labute approximate surface area is 217 Å². The minimum Gasteiger partial charge on any atom is -0.507 e. The number of amides is 1. The van der Waals surface area contributed by atoms with E-state index in [2.05, 4.69) is 25.9 Å². The van der Waals surface area contributed by atoms with Gasteiger partial charge in [0.2, 0.25) is 0 Å². The van der Waals surface area contributed by atoms with E-state index in [1.165, 1.54) is 53.9 Å². The Morgan fingerprint density at radius 3 is 2.53 bits per heavy atom. The van der Waals surface area contributed by atoms with E-state index in [1.807, 2.05) is 0 Å². The molecule has 1 aliphatic heterocycles. The number of ether oxygens (including phenoxy) is 2. The zero-order chi connectivity index (χ0) is 25.6. The van der Waals surface area contributed by atoms with Crippen molar-refractivity contribution in [3.8, 4) is 17.2 Å². The van der Waals surface area contributed by atoms with Crippen molar-refractivity contribution in [1.29, 1.82) is 0 Å². The van der Waals surface area contributed by atoms with Crippen molar-refractivity contribution in [2.24, 2.45) is 0 Å². The number of benzene rings is 2. The predicted octanol–water partition coefficient (Wildman–Crippen LogP) is 4.80. The van der Waals surface area contributed by atoms with Crippen LogP contribution in [0.5, 0.6) is 17.2 Å². The van der Waals surface area contributed by atoms with Gasteiger partial charge in [-0.2, -0.15) is 0 Å². The number of aliphatic hydroxyl groups excluding tert-OH is 1. The molecule has 2 aromatic heterocycles. The molecular formula is C25H18BrN3O6S. The van der Waals surface area contributed by atoms with Gasteiger partial charge in [0, 0.05) is 18.0 Å². The highest BCUT2D eigenvalue weighted by Gasteiger charge is 2.48. The fourth-order valence-corrected chi connectivity index (χ4v) is 5.52. The van der Waals surface area contributed by atoms with Crippen LogP contribution < -0.4 is 14.4 Å². The Kier molecular flexibility index (Phi) is 6.10. The van der Waals surface area contributed by atoms with E-state index in [4.69, 9.17) is 9.47 Å². The fourth-order valence-electron chi connectivity index (χ4n) is 4.04. The third-order valence-corrected chi connectivity index (χ3v) is 7.40. The molecule has 1 aliphatic rings. The number of aromatic nitrogens is 2. The lowest BCUT2D eigenvalue weighted by Gasteiger charge is -2.24. The summed E-state index contributed by atoms with van der Waals surface area (Å²) in [7, 11) is 2.94. The van der Waals surface area contributed by atoms with Crippen molar-refractivity contribution in [3.05, 3.63) is 76.0 Å². The van der Waals surface area contributed by atoms with E-state index < -0.39 is 17.7 Å². The van der Waals surface area contributed by atoms with Crippen LogP contribution >= 0.6 is 27.3 Å². The van der Waals surface area contributed by atoms with Crippen LogP contribution in [0.2, 0.25) is 0 Å². The maximum atomic E-state index is 13.4. The number of carbonyl (C=O) groups is 2. The Hall–Kier alpha value is -3.96. The minimum absolute atomic E-state index is 0.123. The number of carbonyl (C=O) groups excluding carboxylic acids is 2. The number of nitrogens with zero attached hydrogens (tertiary/aromatic N) is 3. The SMILES string of the molecule is COc1ccc2nc(N3C(=O)C(=O)C(=C(O)c4ccncc4)C3c3cc(Br)c(O)c(OC)c3)sc2c1. The molecule has 1 unspecified atom stereocenters. The molecule has 36 heavy (non-hydrogen) atoms. The van der Waals surface area contributed by atoms with E-state index in [-0.39, 0.29) is 28.0 Å². The first-order valence-corrected chi connectivity index (χ1v) is 12.2. The van der Waals surface area contributed by atoms with E-state index in [0.717, 1.165) is 4.70 Å². The number of aliphatic hydroxyl groups is 1. The summed E-state index contributed by atoms with van der Waals surface area (Å²) in [5.41, 5.74) is 1.24. The summed E-state index contributed by atoms with van der Waals surface area (Å²) < 4.78 is 11.6. The Bertz CT molecular complexity index is 1550. The molecule has 3 heterocycles. The highest BCUT2D eigenvalue weighted by molar-refractivity contribution is 9.10. The number of methoxy groups -OCH3 is 2. The van der Waals surface area contributed by atoms with Crippen LogP contribution in [0, 0.1) is 0 Å². The molecule has 0 aliphatic carbocycles. The van der Waals surface area contributed by atoms with Crippen LogP contribution in [0.4, 0.5) is 5.13 Å². The van der Waals surface area contributed by atoms with Crippen LogP contribution in [0.1, 0.15) is 17.2 Å². The highest BCUT2D eigenvalue weighted by Crippen LogP contribution is 2.47. The Morgan fingerprint density at radius 2 is 1.83 bits per heavy atom. The van der Waals surface area contributed by atoms with Gasteiger partial charge in [-0.25, -0.2) is 4.98 Å². The van der Waals surface area contributed by atoms with Crippen LogP contribution in [-0.4, -0.2) is 46.1 Å². The molecule has 11 heteroatoms. The summed E-state index contributed by atoms with van der Waals surface area (Å²) >= 11 is 4.52. The molecule has 2 N–H and O–H groups in total. The summed E-state index contributed by atoms with van der Waals surface area (Å²) in [5, 5.41) is 21.8. The van der Waals surface area contributed by atoms with E-state index in [1.54, 1.807) is 31.4 Å². The number of aromatic hydroxyl groups is 1. The van der Waals surface area contributed by atoms with Gasteiger partial charge in [-0.05, 0) is 64.0 Å². The van der Waals surface area contributed by atoms with Gasteiger partial charge in [0.15, 0.2) is 16.6 Å². The summed E-state index contributed by atoms with van der Waals surface area (Å²) in [6.45, 7) is 0. The number of Topliss-reactive ketones (excluding diaryl/α,β-unsaturated/α-hetero) is 1. The van der Waals surface area contributed by atoms with Gasteiger partial charge < -0.3 is 19.7 Å². The topological polar surface area (TPSA) is 122 Å². The molecule has 1 atom stereocenters. The molecule has 0 bridgehead atoms. The summed E-state index contributed by atoms with van der Waals surface area (Å²) in [4.78, 5) is 36.5. The third kappa shape index (κ3) is 3.86.